The third-order valence-electron chi connectivity index (χ3n) is 4.02. The van der Waals surface area contributed by atoms with Gasteiger partial charge >= 0.3 is 0 Å². The van der Waals surface area contributed by atoms with Gasteiger partial charge in [-0.15, -0.1) is 0 Å². The van der Waals surface area contributed by atoms with E-state index in [1.807, 2.05) is 12.1 Å². The minimum atomic E-state index is -0.220. The summed E-state index contributed by atoms with van der Waals surface area (Å²) in [6.07, 6.45) is -0.220. The van der Waals surface area contributed by atoms with Gasteiger partial charge in [0.1, 0.15) is 5.75 Å². The normalized spacial score (nSPS) is 18.4. The molecule has 4 nitrogen and oxygen atoms in total. The van der Waals surface area contributed by atoms with Gasteiger partial charge < -0.3 is 14.7 Å². The first kappa shape index (κ1) is 15.1. The van der Waals surface area contributed by atoms with Gasteiger partial charge in [0.05, 0.1) is 13.2 Å². The maximum absolute atomic E-state index is 9.95. The summed E-state index contributed by atoms with van der Waals surface area (Å²) in [5.41, 5.74) is 1.25. The molecule has 0 spiro atoms. The molecule has 0 amide bonds. The van der Waals surface area contributed by atoms with Crippen molar-refractivity contribution in [1.29, 1.82) is 0 Å². The fourth-order valence-corrected chi connectivity index (χ4v) is 2.46. The summed E-state index contributed by atoms with van der Waals surface area (Å²) in [5.74, 6) is 1.22. The number of hydrogen-bond acceptors (Lipinski definition) is 4. The second-order valence-corrected chi connectivity index (χ2v) is 5.80. The highest BCUT2D eigenvalue weighted by atomic mass is 16.5. The van der Waals surface area contributed by atoms with E-state index < -0.39 is 0 Å². The number of aliphatic hydroxyl groups excluding tert-OH is 1. The van der Waals surface area contributed by atoms with Crippen molar-refractivity contribution in [2.45, 2.75) is 20.0 Å². The molecule has 1 aliphatic heterocycles. The van der Waals surface area contributed by atoms with Crippen molar-refractivity contribution < 1.29 is 9.84 Å². The van der Waals surface area contributed by atoms with Crippen LogP contribution in [0, 0.1) is 5.92 Å². The molecule has 2 rings (SSSR count). The molecule has 1 aliphatic rings. The number of hydrogen-bond donors (Lipinski definition) is 1. The van der Waals surface area contributed by atoms with Gasteiger partial charge in [0.2, 0.25) is 0 Å². The minimum absolute atomic E-state index is 0.220. The number of rotatable bonds is 5. The van der Waals surface area contributed by atoms with E-state index in [0.29, 0.717) is 5.92 Å². The Kier molecular flexibility index (Phi) is 5.26. The molecule has 20 heavy (non-hydrogen) atoms. The van der Waals surface area contributed by atoms with Crippen LogP contribution in [0.2, 0.25) is 0 Å². The van der Waals surface area contributed by atoms with E-state index in [1.165, 1.54) is 5.69 Å². The summed E-state index contributed by atoms with van der Waals surface area (Å²) in [6, 6.07) is 8.23. The van der Waals surface area contributed by atoms with Crippen LogP contribution in [-0.4, -0.2) is 55.9 Å². The van der Waals surface area contributed by atoms with Crippen molar-refractivity contribution in [3.05, 3.63) is 24.3 Å². The zero-order valence-electron chi connectivity index (χ0n) is 12.7. The van der Waals surface area contributed by atoms with Crippen LogP contribution in [0.3, 0.4) is 0 Å². The third kappa shape index (κ3) is 3.87. The first-order chi connectivity index (χ1) is 9.60. The second-order valence-electron chi connectivity index (χ2n) is 5.80. The van der Waals surface area contributed by atoms with E-state index in [2.05, 4.69) is 35.8 Å². The quantitative estimate of drug-likeness (QED) is 0.891. The molecule has 0 bridgehead atoms. The smallest absolute Gasteiger partial charge is 0.119 e. The summed E-state index contributed by atoms with van der Waals surface area (Å²) in [6.45, 7) is 8.96. The highest BCUT2D eigenvalue weighted by molar-refractivity contribution is 5.49. The molecule has 0 saturated carbocycles. The van der Waals surface area contributed by atoms with E-state index >= 15 is 0 Å². The molecule has 1 heterocycles. The molecule has 112 valence electrons. The van der Waals surface area contributed by atoms with Crippen LogP contribution < -0.4 is 9.64 Å². The first-order valence-electron chi connectivity index (χ1n) is 7.39. The average Bonchev–Trinajstić information content (AvgIpc) is 2.48. The average molecular weight is 278 g/mol. The Bertz CT molecular complexity index is 397. The fourth-order valence-electron chi connectivity index (χ4n) is 2.46. The van der Waals surface area contributed by atoms with Gasteiger partial charge in [-0.1, -0.05) is 13.8 Å². The Hall–Kier alpha value is -1.26. The molecule has 0 aromatic heterocycles. The summed E-state index contributed by atoms with van der Waals surface area (Å²) in [5, 5.41) is 9.95. The van der Waals surface area contributed by atoms with E-state index in [0.717, 1.165) is 38.5 Å². The van der Waals surface area contributed by atoms with Gasteiger partial charge in [0.15, 0.2) is 0 Å². The lowest BCUT2D eigenvalue weighted by Gasteiger charge is -2.37. The Morgan fingerprint density at radius 1 is 1.10 bits per heavy atom. The number of β-amino-alcohol motifs (C(OH)–C–C–N with tert-alkyl or cyclic N) is 1. The van der Waals surface area contributed by atoms with Crippen LogP contribution in [-0.2, 0) is 0 Å². The molecule has 1 atom stereocenters. The molecule has 4 heteroatoms. The van der Waals surface area contributed by atoms with E-state index in [1.54, 1.807) is 7.11 Å². The van der Waals surface area contributed by atoms with Gasteiger partial charge in [-0.2, -0.15) is 0 Å². The largest absolute Gasteiger partial charge is 0.497 e. The van der Waals surface area contributed by atoms with Crippen LogP contribution in [0.1, 0.15) is 13.8 Å². The zero-order chi connectivity index (χ0) is 14.5. The number of aliphatic hydroxyl groups is 1. The monoisotopic (exact) mass is 278 g/mol. The maximum Gasteiger partial charge on any atom is 0.119 e. The molecule has 1 N–H and O–H groups in total. The van der Waals surface area contributed by atoms with Gasteiger partial charge in [-0.25, -0.2) is 0 Å². The SMILES string of the molecule is COc1ccc(N2CCN(CC(O)C(C)C)CC2)cc1. The molecule has 0 aliphatic carbocycles. The van der Waals surface area contributed by atoms with Crippen LogP contribution in [0.4, 0.5) is 5.69 Å². The predicted octanol–water partition coefficient (Wildman–Crippen LogP) is 1.83. The van der Waals surface area contributed by atoms with Crippen LogP contribution in [0.5, 0.6) is 5.75 Å². The lowest BCUT2D eigenvalue weighted by Crippen LogP contribution is -2.49. The van der Waals surface area contributed by atoms with Crippen molar-refractivity contribution in [3.8, 4) is 5.75 Å². The highest BCUT2D eigenvalue weighted by Gasteiger charge is 2.20. The van der Waals surface area contributed by atoms with Crippen molar-refractivity contribution in [2.24, 2.45) is 5.92 Å². The topological polar surface area (TPSA) is 35.9 Å². The molecule has 1 aromatic rings. The number of piperazine rings is 1. The number of nitrogens with zero attached hydrogens (tertiary/aromatic N) is 2. The Morgan fingerprint density at radius 2 is 1.70 bits per heavy atom. The van der Waals surface area contributed by atoms with E-state index in [4.69, 9.17) is 4.74 Å². The van der Waals surface area contributed by atoms with Gasteiger partial charge in [0.25, 0.3) is 0 Å². The zero-order valence-corrected chi connectivity index (χ0v) is 12.7. The Balaban J connectivity index is 1.84. The summed E-state index contributed by atoms with van der Waals surface area (Å²) in [4.78, 5) is 4.74. The van der Waals surface area contributed by atoms with Crippen molar-refractivity contribution in [1.82, 2.24) is 4.90 Å². The van der Waals surface area contributed by atoms with E-state index in [-0.39, 0.29) is 6.10 Å². The lowest BCUT2D eigenvalue weighted by molar-refractivity contribution is 0.0739. The molecule has 0 radical (unpaired) electrons. The molecule has 1 fully saturated rings. The summed E-state index contributed by atoms with van der Waals surface area (Å²) in [7, 11) is 1.69. The number of anilines is 1. The lowest BCUT2D eigenvalue weighted by atomic mass is 10.1. The number of ether oxygens (including phenoxy) is 1. The summed E-state index contributed by atoms with van der Waals surface area (Å²) < 4.78 is 5.19. The maximum atomic E-state index is 9.95. The van der Waals surface area contributed by atoms with Crippen LogP contribution >= 0.6 is 0 Å². The molecule has 1 aromatic carbocycles. The van der Waals surface area contributed by atoms with Crippen molar-refractivity contribution in [3.63, 3.8) is 0 Å². The van der Waals surface area contributed by atoms with Gasteiger partial charge in [0, 0.05) is 38.4 Å². The Morgan fingerprint density at radius 3 is 2.20 bits per heavy atom. The summed E-state index contributed by atoms with van der Waals surface area (Å²) >= 11 is 0. The molecular weight excluding hydrogens is 252 g/mol. The third-order valence-corrected chi connectivity index (χ3v) is 4.02. The van der Waals surface area contributed by atoms with Gasteiger partial charge in [-0.05, 0) is 30.2 Å². The fraction of sp³-hybridized carbons (Fsp3) is 0.625. The van der Waals surface area contributed by atoms with E-state index in [9.17, 15) is 5.11 Å². The number of methoxy groups -OCH3 is 1. The Labute approximate surface area is 122 Å². The molecular formula is C16H26N2O2. The van der Waals surface area contributed by atoms with Gasteiger partial charge in [-0.3, -0.25) is 4.90 Å². The highest BCUT2D eigenvalue weighted by Crippen LogP contribution is 2.20. The first-order valence-corrected chi connectivity index (χ1v) is 7.39. The minimum Gasteiger partial charge on any atom is -0.497 e. The molecule has 1 unspecified atom stereocenters. The predicted molar refractivity (Wildman–Crippen MR) is 82.5 cm³/mol. The second kappa shape index (κ2) is 6.95. The molecule has 1 saturated heterocycles. The number of benzene rings is 1. The van der Waals surface area contributed by atoms with Crippen molar-refractivity contribution >= 4 is 5.69 Å². The standard InChI is InChI=1S/C16H26N2O2/c1-13(2)16(19)12-17-8-10-18(11-9-17)14-4-6-15(20-3)7-5-14/h4-7,13,16,19H,8-12H2,1-3H3. The van der Waals surface area contributed by atoms with Crippen LogP contribution in [0.25, 0.3) is 0 Å². The van der Waals surface area contributed by atoms with Crippen LogP contribution in [0.15, 0.2) is 24.3 Å². The van der Waals surface area contributed by atoms with Crippen molar-refractivity contribution in [2.75, 3.05) is 44.7 Å².